The maximum absolute atomic E-state index is 13.5. The predicted octanol–water partition coefficient (Wildman–Crippen LogP) is 2.53. The molecule has 2 aromatic carbocycles. The van der Waals surface area contributed by atoms with Crippen molar-refractivity contribution in [2.24, 2.45) is 4.99 Å². The molecular weight excluding hydrogens is 428 g/mol. The zero-order chi connectivity index (χ0) is 22.2. The second kappa shape index (κ2) is 8.12. The summed E-state index contributed by atoms with van der Waals surface area (Å²) in [5.74, 6) is 0.865. The molecule has 0 spiro atoms. The molecule has 1 unspecified atom stereocenters. The highest BCUT2D eigenvalue weighted by atomic mass is 32.1. The third-order valence-electron chi connectivity index (χ3n) is 5.33. The number of esters is 1. The van der Waals surface area contributed by atoms with Crippen LogP contribution >= 0.6 is 11.3 Å². The van der Waals surface area contributed by atoms with Gasteiger partial charge in [-0.3, -0.25) is 9.36 Å². The van der Waals surface area contributed by atoms with E-state index in [2.05, 4.69) is 4.99 Å². The maximum Gasteiger partial charge on any atom is 0.338 e. The number of carbonyl (C=O) groups excluding carboxylic acids is 1. The average Bonchev–Trinajstić information content (AvgIpc) is 3.37. The second-order valence-electron chi connectivity index (χ2n) is 7.33. The molecule has 0 saturated heterocycles. The van der Waals surface area contributed by atoms with Crippen molar-refractivity contribution in [3.05, 3.63) is 90.6 Å². The normalized spacial score (nSPS) is 17.2. The Morgan fingerprint density at radius 3 is 2.78 bits per heavy atom. The van der Waals surface area contributed by atoms with Gasteiger partial charge in [0.2, 0.25) is 6.79 Å². The van der Waals surface area contributed by atoms with Crippen molar-refractivity contribution in [1.82, 2.24) is 4.57 Å². The largest absolute Gasteiger partial charge is 0.463 e. The molecule has 0 amide bonds. The van der Waals surface area contributed by atoms with Crippen LogP contribution in [0.1, 0.15) is 31.0 Å². The van der Waals surface area contributed by atoms with Crippen LogP contribution in [0.25, 0.3) is 6.08 Å². The van der Waals surface area contributed by atoms with E-state index < -0.39 is 12.0 Å². The highest BCUT2D eigenvalue weighted by Gasteiger charge is 2.33. The van der Waals surface area contributed by atoms with Crippen LogP contribution < -0.4 is 24.4 Å². The van der Waals surface area contributed by atoms with Gasteiger partial charge in [0.1, 0.15) is 0 Å². The van der Waals surface area contributed by atoms with Gasteiger partial charge in [0.05, 0.1) is 28.5 Å². The summed E-state index contributed by atoms with van der Waals surface area (Å²) < 4.78 is 18.2. The van der Waals surface area contributed by atoms with Crippen molar-refractivity contribution in [2.45, 2.75) is 19.9 Å². The molecule has 8 heteroatoms. The monoisotopic (exact) mass is 448 g/mol. The van der Waals surface area contributed by atoms with Crippen LogP contribution in [0.3, 0.4) is 0 Å². The van der Waals surface area contributed by atoms with E-state index in [-0.39, 0.29) is 19.0 Å². The van der Waals surface area contributed by atoms with E-state index in [0.717, 1.165) is 11.1 Å². The fourth-order valence-electron chi connectivity index (χ4n) is 3.90. The van der Waals surface area contributed by atoms with Crippen molar-refractivity contribution in [3.63, 3.8) is 0 Å². The van der Waals surface area contributed by atoms with Crippen LogP contribution in [0, 0.1) is 0 Å². The van der Waals surface area contributed by atoms with E-state index in [1.165, 1.54) is 11.3 Å². The summed E-state index contributed by atoms with van der Waals surface area (Å²) in [6, 6.07) is 14.4. The number of hydrogen-bond acceptors (Lipinski definition) is 7. The molecule has 32 heavy (non-hydrogen) atoms. The van der Waals surface area contributed by atoms with Gasteiger partial charge in [-0.05, 0) is 43.2 Å². The first-order chi connectivity index (χ1) is 15.6. The van der Waals surface area contributed by atoms with E-state index in [1.807, 2.05) is 48.5 Å². The summed E-state index contributed by atoms with van der Waals surface area (Å²) in [6.45, 7) is 3.96. The number of fused-ring (bicyclic) bond motifs is 2. The Balaban J connectivity index is 1.69. The second-order valence-corrected chi connectivity index (χ2v) is 8.33. The third kappa shape index (κ3) is 3.42. The summed E-state index contributed by atoms with van der Waals surface area (Å²) in [5, 5.41) is 0. The first-order valence-corrected chi connectivity index (χ1v) is 11.0. The van der Waals surface area contributed by atoms with Crippen LogP contribution in [0.4, 0.5) is 0 Å². The molecule has 0 fully saturated rings. The van der Waals surface area contributed by atoms with Gasteiger partial charge >= 0.3 is 5.97 Å². The molecule has 3 aromatic rings. The number of carbonyl (C=O) groups is 1. The molecule has 2 aliphatic heterocycles. The van der Waals surface area contributed by atoms with Crippen LogP contribution in [-0.2, 0) is 9.53 Å². The summed E-state index contributed by atoms with van der Waals surface area (Å²) in [7, 11) is 0. The van der Waals surface area contributed by atoms with E-state index in [4.69, 9.17) is 14.2 Å². The minimum Gasteiger partial charge on any atom is -0.463 e. The van der Waals surface area contributed by atoms with Crippen LogP contribution in [0.5, 0.6) is 11.5 Å². The number of allylic oxidation sites excluding steroid dienone is 1. The summed E-state index contributed by atoms with van der Waals surface area (Å²) in [5.41, 5.74) is 2.35. The van der Waals surface area contributed by atoms with E-state index in [9.17, 15) is 9.59 Å². The lowest BCUT2D eigenvalue weighted by Crippen LogP contribution is -2.39. The molecule has 0 bridgehead atoms. The van der Waals surface area contributed by atoms with Crippen molar-refractivity contribution in [2.75, 3.05) is 13.4 Å². The van der Waals surface area contributed by atoms with Crippen LogP contribution in [-0.4, -0.2) is 23.9 Å². The molecule has 7 nitrogen and oxygen atoms in total. The molecule has 2 aliphatic rings. The minimum atomic E-state index is -0.606. The number of thiazole rings is 1. The van der Waals surface area contributed by atoms with E-state index >= 15 is 0 Å². The van der Waals surface area contributed by atoms with Gasteiger partial charge in [0, 0.05) is 0 Å². The zero-order valence-electron chi connectivity index (χ0n) is 17.5. The Morgan fingerprint density at radius 1 is 1.22 bits per heavy atom. The Kier molecular flexibility index (Phi) is 5.14. The number of benzene rings is 2. The molecule has 0 saturated carbocycles. The molecule has 0 aliphatic carbocycles. The standard InChI is InChI=1S/C24H20N2O5S/c1-3-29-23(28)20-14(2)25-24-26(21(20)16-7-5-4-6-8-16)22(27)19(32-24)12-15-9-10-17-18(11-15)31-13-30-17/h4-12,21H,3,13H2,1-2H3/b19-12-. The highest BCUT2D eigenvalue weighted by Crippen LogP contribution is 2.33. The van der Waals surface area contributed by atoms with Crippen LogP contribution in [0.15, 0.2) is 69.6 Å². The number of aromatic nitrogens is 1. The topological polar surface area (TPSA) is 79.1 Å². The van der Waals surface area contributed by atoms with E-state index in [0.29, 0.717) is 32.1 Å². The number of nitrogens with zero attached hydrogens (tertiary/aromatic N) is 2. The Morgan fingerprint density at radius 2 is 2.00 bits per heavy atom. The minimum absolute atomic E-state index is 0.188. The highest BCUT2D eigenvalue weighted by molar-refractivity contribution is 7.07. The van der Waals surface area contributed by atoms with Crippen molar-refractivity contribution >= 4 is 23.4 Å². The lowest BCUT2D eigenvalue weighted by Gasteiger charge is -2.24. The number of rotatable bonds is 4. The molecular formula is C24H20N2O5S. The molecule has 1 aromatic heterocycles. The van der Waals surface area contributed by atoms with Crippen molar-refractivity contribution in [1.29, 1.82) is 0 Å². The SMILES string of the molecule is CCOC(=O)C1=C(C)N=c2s/c(=C\c3ccc4c(c3)OCO4)c(=O)n2C1c1ccccc1. The lowest BCUT2D eigenvalue weighted by atomic mass is 9.96. The smallest absolute Gasteiger partial charge is 0.338 e. The molecule has 1 atom stereocenters. The third-order valence-corrected chi connectivity index (χ3v) is 6.31. The molecule has 5 rings (SSSR count). The van der Waals surface area contributed by atoms with Crippen LogP contribution in [0.2, 0.25) is 0 Å². The Bertz CT molecular complexity index is 1420. The van der Waals surface area contributed by atoms with Crippen molar-refractivity contribution < 1.29 is 19.0 Å². The predicted molar refractivity (Wildman–Crippen MR) is 119 cm³/mol. The first kappa shape index (κ1) is 20.3. The van der Waals surface area contributed by atoms with Gasteiger partial charge in [-0.2, -0.15) is 0 Å². The molecule has 0 N–H and O–H groups in total. The van der Waals surface area contributed by atoms with Gasteiger partial charge in [0.25, 0.3) is 5.56 Å². The van der Waals surface area contributed by atoms with Gasteiger partial charge in [-0.1, -0.05) is 47.7 Å². The van der Waals surface area contributed by atoms with E-state index in [1.54, 1.807) is 24.5 Å². The zero-order valence-corrected chi connectivity index (χ0v) is 18.3. The van der Waals surface area contributed by atoms with Gasteiger partial charge in [-0.15, -0.1) is 0 Å². The fourth-order valence-corrected chi connectivity index (χ4v) is 4.94. The Labute approximate surface area is 187 Å². The molecule has 3 heterocycles. The average molecular weight is 449 g/mol. The fraction of sp³-hybridized carbons (Fsp3) is 0.208. The van der Waals surface area contributed by atoms with Gasteiger partial charge in [-0.25, -0.2) is 9.79 Å². The summed E-state index contributed by atoms with van der Waals surface area (Å²) in [4.78, 5) is 31.5. The number of hydrogen-bond donors (Lipinski definition) is 0. The molecule has 162 valence electrons. The number of ether oxygens (including phenoxy) is 3. The summed E-state index contributed by atoms with van der Waals surface area (Å²) in [6.07, 6.45) is 1.80. The van der Waals surface area contributed by atoms with Gasteiger partial charge < -0.3 is 14.2 Å². The van der Waals surface area contributed by atoms with Gasteiger partial charge in [0.15, 0.2) is 16.3 Å². The maximum atomic E-state index is 13.5. The van der Waals surface area contributed by atoms with Crippen molar-refractivity contribution in [3.8, 4) is 11.5 Å². The first-order valence-electron chi connectivity index (χ1n) is 10.2. The summed E-state index contributed by atoms with van der Waals surface area (Å²) >= 11 is 1.29. The quantitative estimate of drug-likeness (QED) is 0.573. The lowest BCUT2D eigenvalue weighted by molar-refractivity contribution is -0.139. The molecule has 0 radical (unpaired) electrons. The Hall–Kier alpha value is -3.65.